The molecule has 2 heterocycles. The average molecular weight is 223 g/mol. The lowest BCUT2D eigenvalue weighted by atomic mass is 10.4. The van der Waals surface area contributed by atoms with Crippen molar-refractivity contribution in [2.24, 2.45) is 0 Å². The zero-order chi connectivity index (χ0) is 10.7. The Balaban J connectivity index is 2.13. The van der Waals surface area contributed by atoms with Crippen molar-refractivity contribution < 1.29 is 4.42 Å². The van der Waals surface area contributed by atoms with Crippen LogP contribution in [0.1, 0.15) is 17.6 Å². The summed E-state index contributed by atoms with van der Waals surface area (Å²) in [5, 5.41) is 4.22. The number of hydrogen-bond donors (Lipinski definition) is 1. The summed E-state index contributed by atoms with van der Waals surface area (Å²) in [4.78, 5) is 9.52. The number of rotatable bonds is 4. The average Bonchev–Trinajstić information content (AvgIpc) is 2.83. The Labute approximate surface area is 92.4 Å². The Hall–Kier alpha value is -1.20. The molecule has 0 fully saturated rings. The normalized spacial score (nSPS) is 10.8. The van der Waals surface area contributed by atoms with Gasteiger partial charge in [-0.2, -0.15) is 0 Å². The number of oxazole rings is 1. The zero-order valence-electron chi connectivity index (χ0n) is 8.78. The van der Waals surface area contributed by atoms with Crippen LogP contribution < -0.4 is 5.32 Å². The minimum atomic E-state index is 0.661. The van der Waals surface area contributed by atoms with Crippen molar-refractivity contribution in [3.05, 3.63) is 23.2 Å². The van der Waals surface area contributed by atoms with Gasteiger partial charge in [-0.1, -0.05) is 6.92 Å². The molecular formula is C10H13N3OS. The van der Waals surface area contributed by atoms with Crippen molar-refractivity contribution >= 4 is 11.3 Å². The van der Waals surface area contributed by atoms with Gasteiger partial charge in [0.2, 0.25) is 5.89 Å². The second-order valence-corrected chi connectivity index (χ2v) is 4.40. The second kappa shape index (κ2) is 4.55. The highest BCUT2D eigenvalue weighted by Crippen LogP contribution is 2.24. The molecule has 1 N–H and O–H groups in total. The van der Waals surface area contributed by atoms with Crippen molar-refractivity contribution in [2.45, 2.75) is 20.4 Å². The minimum absolute atomic E-state index is 0.661. The van der Waals surface area contributed by atoms with Gasteiger partial charge in [0.1, 0.15) is 11.1 Å². The van der Waals surface area contributed by atoms with Crippen molar-refractivity contribution in [1.29, 1.82) is 0 Å². The quantitative estimate of drug-likeness (QED) is 0.863. The van der Waals surface area contributed by atoms with Crippen LogP contribution in [0.25, 0.3) is 10.8 Å². The molecule has 0 saturated heterocycles. The molecule has 5 heteroatoms. The van der Waals surface area contributed by atoms with Gasteiger partial charge >= 0.3 is 0 Å². The summed E-state index contributed by atoms with van der Waals surface area (Å²) in [5.74, 6) is 0.661. The molecule has 4 nitrogen and oxygen atoms in total. The summed E-state index contributed by atoms with van der Waals surface area (Å²) < 4.78 is 5.38. The number of nitrogens with one attached hydrogen (secondary N) is 1. The number of hydrogen-bond acceptors (Lipinski definition) is 5. The van der Waals surface area contributed by atoms with Crippen molar-refractivity contribution in [3.8, 4) is 10.8 Å². The maximum absolute atomic E-state index is 5.38. The molecule has 0 bridgehead atoms. The van der Waals surface area contributed by atoms with Crippen LogP contribution in [0.5, 0.6) is 0 Å². The van der Waals surface area contributed by atoms with E-state index in [1.54, 1.807) is 23.8 Å². The van der Waals surface area contributed by atoms with Crippen molar-refractivity contribution in [3.63, 3.8) is 0 Å². The third kappa shape index (κ3) is 2.43. The first-order valence-corrected chi connectivity index (χ1v) is 5.69. The number of aromatic nitrogens is 2. The zero-order valence-corrected chi connectivity index (χ0v) is 9.60. The molecule has 0 amide bonds. The molecule has 0 aliphatic heterocycles. The van der Waals surface area contributed by atoms with Crippen LogP contribution in [0, 0.1) is 6.92 Å². The van der Waals surface area contributed by atoms with Crippen LogP contribution in [0.3, 0.4) is 0 Å². The fraction of sp³-hybridized carbons (Fsp3) is 0.400. The van der Waals surface area contributed by atoms with Crippen LogP contribution in [0.2, 0.25) is 0 Å². The lowest BCUT2D eigenvalue weighted by Gasteiger charge is -1.93. The maximum Gasteiger partial charge on any atom is 0.238 e. The lowest BCUT2D eigenvalue weighted by molar-refractivity contribution is 0.572. The molecule has 0 spiro atoms. The van der Waals surface area contributed by atoms with Gasteiger partial charge in [-0.3, -0.25) is 0 Å². The molecule has 0 aliphatic carbocycles. The monoisotopic (exact) mass is 223 g/mol. The first kappa shape index (κ1) is 10.3. The van der Waals surface area contributed by atoms with Crippen LogP contribution in [-0.4, -0.2) is 16.5 Å². The lowest BCUT2D eigenvalue weighted by Crippen LogP contribution is -2.11. The second-order valence-electron chi connectivity index (χ2n) is 3.17. The summed E-state index contributed by atoms with van der Waals surface area (Å²) in [6.45, 7) is 5.71. The molecule has 0 aromatic carbocycles. The molecule has 2 aromatic heterocycles. The summed E-state index contributed by atoms with van der Waals surface area (Å²) in [5.41, 5.74) is 0.929. The number of aryl methyl sites for hydroxylation is 1. The first-order chi connectivity index (χ1) is 7.29. The maximum atomic E-state index is 5.38. The Morgan fingerprint density at radius 2 is 2.40 bits per heavy atom. The van der Waals surface area contributed by atoms with E-state index in [0.29, 0.717) is 5.89 Å². The van der Waals surface area contributed by atoms with Crippen molar-refractivity contribution in [2.75, 3.05) is 6.54 Å². The number of nitrogens with zero attached hydrogens (tertiary/aromatic N) is 2. The highest BCUT2D eigenvalue weighted by atomic mass is 32.1. The fourth-order valence-corrected chi connectivity index (χ4v) is 1.92. The molecule has 15 heavy (non-hydrogen) atoms. The predicted molar refractivity (Wildman–Crippen MR) is 59.7 cm³/mol. The van der Waals surface area contributed by atoms with Gasteiger partial charge < -0.3 is 9.73 Å². The van der Waals surface area contributed by atoms with E-state index < -0.39 is 0 Å². The number of thiazole rings is 1. The van der Waals surface area contributed by atoms with E-state index in [-0.39, 0.29) is 0 Å². The minimum Gasteiger partial charge on any atom is -0.443 e. The topological polar surface area (TPSA) is 51.0 Å². The van der Waals surface area contributed by atoms with E-state index in [1.165, 1.54) is 0 Å². The summed E-state index contributed by atoms with van der Waals surface area (Å²) >= 11 is 1.59. The largest absolute Gasteiger partial charge is 0.443 e. The third-order valence-electron chi connectivity index (χ3n) is 1.94. The van der Waals surface area contributed by atoms with E-state index in [1.807, 2.05) is 6.92 Å². The first-order valence-electron chi connectivity index (χ1n) is 4.87. The van der Waals surface area contributed by atoms with Crippen LogP contribution in [-0.2, 0) is 6.54 Å². The van der Waals surface area contributed by atoms with Gasteiger partial charge in [-0.15, -0.1) is 11.3 Å². The Morgan fingerprint density at radius 3 is 3.07 bits per heavy atom. The summed E-state index contributed by atoms with van der Waals surface area (Å²) in [7, 11) is 0. The third-order valence-corrected chi connectivity index (χ3v) is 2.84. The van der Waals surface area contributed by atoms with Gasteiger partial charge in [0.25, 0.3) is 0 Å². The molecule has 80 valence electrons. The summed E-state index contributed by atoms with van der Waals surface area (Å²) in [6.07, 6.45) is 3.48. The molecule has 0 saturated carbocycles. The molecule has 0 radical (unpaired) electrons. The Kier molecular flexibility index (Phi) is 3.13. The van der Waals surface area contributed by atoms with E-state index in [2.05, 4.69) is 22.2 Å². The fourth-order valence-electron chi connectivity index (χ4n) is 1.21. The van der Waals surface area contributed by atoms with Crippen LogP contribution in [0.4, 0.5) is 0 Å². The SMILES string of the molecule is CCNCc1coc(-c2cnc(C)s2)n1. The van der Waals surface area contributed by atoms with E-state index in [9.17, 15) is 0 Å². The van der Waals surface area contributed by atoms with Gasteiger partial charge in [-0.05, 0) is 13.5 Å². The van der Waals surface area contributed by atoms with Crippen LogP contribution >= 0.6 is 11.3 Å². The highest BCUT2D eigenvalue weighted by molar-refractivity contribution is 7.14. The smallest absolute Gasteiger partial charge is 0.238 e. The molecule has 0 aliphatic rings. The predicted octanol–water partition coefficient (Wildman–Crippen LogP) is 2.22. The molecule has 0 unspecified atom stereocenters. The standard InChI is InChI=1S/C10H13N3OS/c1-3-11-4-8-6-14-10(13-8)9-5-12-7(2)15-9/h5-6,11H,3-4H2,1-2H3. The highest BCUT2D eigenvalue weighted by Gasteiger charge is 2.08. The molecule has 2 rings (SSSR count). The molecular weight excluding hydrogens is 210 g/mol. The van der Waals surface area contributed by atoms with E-state index >= 15 is 0 Å². The Bertz CT molecular complexity index is 435. The Morgan fingerprint density at radius 1 is 1.53 bits per heavy atom. The molecule has 2 aromatic rings. The van der Waals surface area contributed by atoms with E-state index in [4.69, 9.17) is 4.42 Å². The van der Waals surface area contributed by atoms with E-state index in [0.717, 1.165) is 28.7 Å². The van der Waals surface area contributed by atoms with Gasteiger partial charge in [0.15, 0.2) is 0 Å². The van der Waals surface area contributed by atoms with Crippen LogP contribution in [0.15, 0.2) is 16.9 Å². The van der Waals surface area contributed by atoms with Crippen molar-refractivity contribution in [1.82, 2.24) is 15.3 Å². The summed E-state index contributed by atoms with van der Waals surface area (Å²) in [6, 6.07) is 0. The van der Waals surface area contributed by atoms with Gasteiger partial charge in [-0.25, -0.2) is 9.97 Å². The molecule has 0 atom stereocenters. The van der Waals surface area contributed by atoms with Gasteiger partial charge in [0.05, 0.1) is 16.9 Å². The van der Waals surface area contributed by atoms with Gasteiger partial charge in [0, 0.05) is 6.54 Å².